The van der Waals surface area contributed by atoms with Crippen molar-refractivity contribution in [3.8, 4) is 0 Å². The maximum atomic E-state index is 12.9. The van der Waals surface area contributed by atoms with Crippen molar-refractivity contribution in [3.05, 3.63) is 29.8 Å². The van der Waals surface area contributed by atoms with Gasteiger partial charge in [-0.25, -0.2) is 4.79 Å². The maximum Gasteiger partial charge on any atom is 0.497 e. The van der Waals surface area contributed by atoms with Gasteiger partial charge in [0.2, 0.25) is 5.91 Å². The number of benzene rings is 1. The SMILES string of the molecule is CN1CCC[N+](CCCCN2C(=O)CCC(=O)c3ccccc32)(OC(=O)C(F)(F)F)CC1. The third-order valence-electron chi connectivity index (χ3n) is 6.06. The highest BCUT2D eigenvalue weighted by atomic mass is 19.4. The summed E-state index contributed by atoms with van der Waals surface area (Å²) in [7, 11) is 1.88. The van der Waals surface area contributed by atoms with Crippen molar-refractivity contribution in [2.75, 3.05) is 51.2 Å². The van der Waals surface area contributed by atoms with Crippen molar-refractivity contribution in [3.63, 3.8) is 0 Å². The minimum atomic E-state index is -5.04. The van der Waals surface area contributed by atoms with Crippen LogP contribution in [0.15, 0.2) is 24.3 Å². The molecule has 1 aromatic carbocycles. The predicted molar refractivity (Wildman–Crippen MR) is 111 cm³/mol. The van der Waals surface area contributed by atoms with Crippen LogP contribution in [0.4, 0.5) is 18.9 Å². The second kappa shape index (κ2) is 9.99. The molecule has 1 aromatic rings. The standard InChI is InChI=1S/C22H29F3N3O4/c1-26-11-6-15-28(16-13-26,32-21(31)22(23,24)25)14-5-4-12-27-18-8-3-2-7-17(18)19(29)9-10-20(27)30/h2-3,7-8H,4-6,9-16H2,1H3/q+1. The zero-order valence-corrected chi connectivity index (χ0v) is 18.2. The average Bonchev–Trinajstić information content (AvgIpc) is 2.99. The van der Waals surface area contributed by atoms with E-state index in [-0.39, 0.29) is 42.3 Å². The number of ketones is 1. The molecule has 176 valence electrons. The van der Waals surface area contributed by atoms with Crippen LogP contribution in [-0.2, 0) is 14.4 Å². The van der Waals surface area contributed by atoms with Gasteiger partial charge in [-0.3, -0.25) is 14.4 Å². The Kier molecular flexibility index (Phi) is 7.55. The molecule has 2 aliphatic heterocycles. The number of quaternary nitrogens is 1. The van der Waals surface area contributed by atoms with Crippen molar-refractivity contribution in [2.24, 2.45) is 0 Å². The number of hydrogen-bond donors (Lipinski definition) is 0. The van der Waals surface area contributed by atoms with E-state index in [4.69, 9.17) is 4.84 Å². The predicted octanol–water partition coefficient (Wildman–Crippen LogP) is 2.95. The lowest BCUT2D eigenvalue weighted by Crippen LogP contribution is -2.54. The Hall–Kier alpha value is -2.46. The van der Waals surface area contributed by atoms with E-state index in [1.54, 1.807) is 29.2 Å². The van der Waals surface area contributed by atoms with Crippen molar-refractivity contribution < 1.29 is 37.0 Å². The van der Waals surface area contributed by atoms with E-state index >= 15 is 0 Å². The molecule has 1 unspecified atom stereocenters. The molecule has 0 saturated carbocycles. The van der Waals surface area contributed by atoms with Crippen LogP contribution in [-0.4, -0.2) is 79.7 Å². The van der Waals surface area contributed by atoms with E-state index in [0.717, 1.165) is 6.54 Å². The maximum absolute atomic E-state index is 12.9. The van der Waals surface area contributed by atoms with Crippen LogP contribution >= 0.6 is 0 Å². The molecule has 2 aliphatic rings. The highest BCUT2D eigenvalue weighted by Crippen LogP contribution is 2.28. The molecule has 1 fully saturated rings. The number of para-hydroxylation sites is 1. The molecule has 0 radical (unpaired) electrons. The first-order valence-corrected chi connectivity index (χ1v) is 10.9. The van der Waals surface area contributed by atoms with Crippen LogP contribution < -0.4 is 4.90 Å². The number of carbonyl (C=O) groups is 3. The van der Waals surface area contributed by atoms with E-state index < -0.39 is 12.1 Å². The van der Waals surface area contributed by atoms with Gasteiger partial charge in [0, 0.05) is 44.3 Å². The lowest BCUT2D eigenvalue weighted by atomic mass is 10.1. The summed E-state index contributed by atoms with van der Waals surface area (Å²) in [5, 5.41) is 0. The van der Waals surface area contributed by atoms with Crippen LogP contribution in [0.5, 0.6) is 0 Å². The van der Waals surface area contributed by atoms with Gasteiger partial charge in [-0.15, -0.1) is 4.65 Å². The normalized spacial score (nSPS) is 22.8. The molecule has 0 bridgehead atoms. The minimum absolute atomic E-state index is 0.0753. The van der Waals surface area contributed by atoms with Gasteiger partial charge < -0.3 is 9.80 Å². The largest absolute Gasteiger partial charge is 0.497 e. The number of rotatable bonds is 6. The summed E-state index contributed by atoms with van der Waals surface area (Å²) in [5.41, 5.74) is 1.08. The van der Waals surface area contributed by atoms with Crippen LogP contribution in [0.2, 0.25) is 0 Å². The fraction of sp³-hybridized carbons (Fsp3) is 0.591. The highest BCUT2D eigenvalue weighted by Gasteiger charge is 2.48. The smallest absolute Gasteiger partial charge is 0.312 e. The first-order chi connectivity index (χ1) is 15.1. The Morgan fingerprint density at radius 3 is 2.59 bits per heavy atom. The number of halogens is 3. The van der Waals surface area contributed by atoms with E-state index in [2.05, 4.69) is 0 Å². The van der Waals surface area contributed by atoms with Gasteiger partial charge in [-0.05, 0) is 25.6 Å². The monoisotopic (exact) mass is 456 g/mol. The number of anilines is 1. The molecule has 1 amide bonds. The van der Waals surface area contributed by atoms with Crippen LogP contribution in [0, 0.1) is 0 Å². The average molecular weight is 456 g/mol. The molecule has 10 heteroatoms. The number of fused-ring (bicyclic) bond motifs is 1. The van der Waals surface area contributed by atoms with Gasteiger partial charge in [-0.2, -0.15) is 13.2 Å². The fourth-order valence-electron chi connectivity index (χ4n) is 4.28. The molecule has 1 saturated heterocycles. The number of alkyl halides is 3. The molecular formula is C22H29F3N3O4+. The van der Waals surface area contributed by atoms with Crippen molar-refractivity contribution >= 4 is 23.3 Å². The second-order valence-corrected chi connectivity index (χ2v) is 8.46. The summed E-state index contributed by atoms with van der Waals surface area (Å²) >= 11 is 0. The van der Waals surface area contributed by atoms with Crippen LogP contribution in [0.3, 0.4) is 0 Å². The number of carbonyl (C=O) groups excluding carboxylic acids is 3. The molecule has 2 heterocycles. The molecule has 3 rings (SSSR count). The Morgan fingerprint density at radius 1 is 1.09 bits per heavy atom. The van der Waals surface area contributed by atoms with Gasteiger partial charge in [-0.1, -0.05) is 12.1 Å². The zero-order valence-electron chi connectivity index (χ0n) is 18.2. The van der Waals surface area contributed by atoms with Gasteiger partial charge >= 0.3 is 12.1 Å². The summed E-state index contributed by atoms with van der Waals surface area (Å²) in [6.07, 6.45) is -3.17. The quantitative estimate of drug-likeness (QED) is 0.487. The topological polar surface area (TPSA) is 66.9 Å². The zero-order chi connectivity index (χ0) is 23.4. The molecule has 1 atom stereocenters. The number of Topliss-reactive ketones (excluding diaryl/α,β-unsaturated/α-hetero) is 1. The first-order valence-electron chi connectivity index (χ1n) is 10.9. The molecule has 0 spiro atoms. The number of nitrogens with zero attached hydrogens (tertiary/aromatic N) is 3. The molecule has 0 N–H and O–H groups in total. The number of hydroxylamine groups is 3. The molecule has 32 heavy (non-hydrogen) atoms. The summed E-state index contributed by atoms with van der Waals surface area (Å²) in [5.74, 6) is -2.39. The second-order valence-electron chi connectivity index (χ2n) is 8.46. The Balaban J connectivity index is 1.67. The van der Waals surface area contributed by atoms with Crippen molar-refractivity contribution in [2.45, 2.75) is 38.3 Å². The number of amides is 1. The van der Waals surface area contributed by atoms with E-state index in [0.29, 0.717) is 50.1 Å². The summed E-state index contributed by atoms with van der Waals surface area (Å²) in [4.78, 5) is 45.1. The van der Waals surface area contributed by atoms with Crippen molar-refractivity contribution in [1.82, 2.24) is 4.90 Å². The van der Waals surface area contributed by atoms with Crippen molar-refractivity contribution in [1.29, 1.82) is 0 Å². The summed E-state index contributed by atoms with van der Waals surface area (Å²) in [6.45, 7) is 2.40. The first kappa shape index (κ1) is 24.2. The summed E-state index contributed by atoms with van der Waals surface area (Å²) < 4.78 is 38.2. The highest BCUT2D eigenvalue weighted by molar-refractivity contribution is 6.10. The van der Waals surface area contributed by atoms with Gasteiger partial charge in [0.15, 0.2) is 5.78 Å². The van der Waals surface area contributed by atoms with Gasteiger partial charge in [0.25, 0.3) is 0 Å². The van der Waals surface area contributed by atoms with E-state index in [9.17, 15) is 27.6 Å². The van der Waals surface area contributed by atoms with E-state index in [1.165, 1.54) is 0 Å². The minimum Gasteiger partial charge on any atom is -0.312 e. The number of likely N-dealkylation sites (N-methyl/N-ethyl adjacent to an activating group) is 1. The van der Waals surface area contributed by atoms with E-state index in [1.807, 2.05) is 11.9 Å². The Labute approximate surface area is 185 Å². The van der Waals surface area contributed by atoms with Gasteiger partial charge in [0.1, 0.15) is 19.6 Å². The van der Waals surface area contributed by atoms with Gasteiger partial charge in [0.05, 0.1) is 12.2 Å². The lowest BCUT2D eigenvalue weighted by molar-refractivity contribution is -1.09. The molecule has 0 aliphatic carbocycles. The Bertz CT molecular complexity index is 861. The lowest BCUT2D eigenvalue weighted by Gasteiger charge is -2.34. The number of hydrogen-bond acceptors (Lipinski definition) is 5. The molecule has 7 nitrogen and oxygen atoms in total. The van der Waals surface area contributed by atoms with Crippen LogP contribution in [0.25, 0.3) is 0 Å². The van der Waals surface area contributed by atoms with Crippen LogP contribution in [0.1, 0.15) is 42.5 Å². The number of unbranched alkanes of at least 4 members (excludes halogenated alkanes) is 1. The third kappa shape index (κ3) is 5.86. The Morgan fingerprint density at radius 2 is 1.84 bits per heavy atom. The molecule has 0 aromatic heterocycles. The fourth-order valence-corrected chi connectivity index (χ4v) is 4.28. The molecular weight excluding hydrogens is 427 g/mol. The third-order valence-corrected chi connectivity index (χ3v) is 6.06. The summed E-state index contributed by atoms with van der Waals surface area (Å²) in [6, 6.07) is 6.96.